The van der Waals surface area contributed by atoms with Crippen LogP contribution in [0.1, 0.15) is 36.4 Å². The third-order valence-corrected chi connectivity index (χ3v) is 6.17. The van der Waals surface area contributed by atoms with Crippen LogP contribution >= 0.6 is 11.8 Å². The summed E-state index contributed by atoms with van der Waals surface area (Å²) in [7, 11) is 0. The van der Waals surface area contributed by atoms with Gasteiger partial charge in [0.15, 0.2) is 5.78 Å². The highest BCUT2D eigenvalue weighted by Crippen LogP contribution is 2.40. The predicted molar refractivity (Wildman–Crippen MR) is 110 cm³/mol. The molecule has 0 bridgehead atoms. The fraction of sp³-hybridized carbons (Fsp3) is 0.227. The number of hydrogen-bond donors (Lipinski definition) is 1. The number of halogens is 1. The molecule has 1 unspecified atom stereocenters. The fourth-order valence-electron chi connectivity index (χ4n) is 3.90. The van der Waals surface area contributed by atoms with Gasteiger partial charge in [-0.25, -0.2) is 9.07 Å². The van der Waals surface area contributed by atoms with Crippen molar-refractivity contribution < 1.29 is 9.18 Å². The van der Waals surface area contributed by atoms with Crippen molar-refractivity contribution in [1.29, 1.82) is 0 Å². The van der Waals surface area contributed by atoms with E-state index in [1.807, 2.05) is 36.4 Å². The molecular weight excluding hydrogens is 387 g/mol. The lowest BCUT2D eigenvalue weighted by Gasteiger charge is -2.32. The molecule has 0 radical (unpaired) electrons. The van der Waals surface area contributed by atoms with Gasteiger partial charge in [-0.05, 0) is 30.0 Å². The minimum atomic E-state index is -0.287. The second-order valence-corrected chi connectivity index (χ2v) is 8.09. The standard InChI is InChI=1S/C22H19FN4OS/c23-16-10-5-4-9-15(16)13-29-22-25-21-24-17-11-6-12-18(28)19(17)20(27(21)26-22)14-7-2-1-3-8-14/h1-5,7-10,20H,6,11-13H2,(H,24,25,26). The molecule has 1 atom stereocenters. The molecule has 146 valence electrons. The van der Waals surface area contributed by atoms with Crippen molar-refractivity contribution in [1.82, 2.24) is 14.8 Å². The van der Waals surface area contributed by atoms with E-state index in [1.54, 1.807) is 16.8 Å². The molecule has 5 rings (SSSR count). The number of nitrogens with zero attached hydrogens (tertiary/aromatic N) is 3. The van der Waals surface area contributed by atoms with E-state index in [-0.39, 0.29) is 17.6 Å². The maximum atomic E-state index is 13.9. The van der Waals surface area contributed by atoms with E-state index in [0.29, 0.717) is 28.8 Å². The second-order valence-electron chi connectivity index (χ2n) is 7.15. The van der Waals surface area contributed by atoms with Gasteiger partial charge in [0, 0.05) is 23.4 Å². The summed E-state index contributed by atoms with van der Waals surface area (Å²) < 4.78 is 15.7. The molecule has 2 aliphatic rings. The molecule has 2 heterocycles. The Balaban J connectivity index is 1.50. The normalized spacial score (nSPS) is 18.2. The van der Waals surface area contributed by atoms with Crippen LogP contribution in [-0.4, -0.2) is 20.5 Å². The molecule has 3 aromatic rings. The van der Waals surface area contributed by atoms with Gasteiger partial charge in [0.05, 0.1) is 0 Å². The SMILES string of the molecule is O=C1CCCC2=C1C(c1ccccc1)n1nc(SCc3ccccc3F)nc1N2. The number of thioether (sulfide) groups is 1. The van der Waals surface area contributed by atoms with Gasteiger partial charge in [-0.15, -0.1) is 5.10 Å². The van der Waals surface area contributed by atoms with Gasteiger partial charge in [0.1, 0.15) is 11.9 Å². The summed E-state index contributed by atoms with van der Waals surface area (Å²) in [6, 6.07) is 16.4. The smallest absolute Gasteiger partial charge is 0.227 e. The van der Waals surface area contributed by atoms with Crippen LogP contribution in [0.5, 0.6) is 0 Å². The van der Waals surface area contributed by atoms with Gasteiger partial charge in [-0.2, -0.15) is 4.98 Å². The number of hydrogen-bond acceptors (Lipinski definition) is 5. The summed E-state index contributed by atoms with van der Waals surface area (Å²) in [5, 5.41) is 8.55. The largest absolute Gasteiger partial charge is 0.328 e. The molecule has 0 spiro atoms. The van der Waals surface area contributed by atoms with Crippen molar-refractivity contribution in [2.45, 2.75) is 36.2 Å². The lowest BCUT2D eigenvalue weighted by molar-refractivity contribution is -0.116. The van der Waals surface area contributed by atoms with E-state index < -0.39 is 0 Å². The van der Waals surface area contributed by atoms with Crippen molar-refractivity contribution in [3.8, 4) is 0 Å². The summed E-state index contributed by atoms with van der Waals surface area (Å²) in [6.45, 7) is 0. The van der Waals surface area contributed by atoms with E-state index in [1.165, 1.54) is 17.8 Å². The topological polar surface area (TPSA) is 59.8 Å². The third-order valence-electron chi connectivity index (χ3n) is 5.28. The molecule has 29 heavy (non-hydrogen) atoms. The third kappa shape index (κ3) is 3.35. The van der Waals surface area contributed by atoms with Gasteiger partial charge >= 0.3 is 0 Å². The minimum Gasteiger partial charge on any atom is -0.328 e. The number of ketones is 1. The first-order chi connectivity index (χ1) is 14.2. The monoisotopic (exact) mass is 406 g/mol. The van der Waals surface area contributed by atoms with Crippen LogP contribution in [0.4, 0.5) is 10.3 Å². The molecule has 0 amide bonds. The van der Waals surface area contributed by atoms with Crippen molar-refractivity contribution in [2.24, 2.45) is 0 Å². The number of carbonyl (C=O) groups excluding carboxylic acids is 1. The van der Waals surface area contributed by atoms with Gasteiger partial charge < -0.3 is 5.32 Å². The van der Waals surface area contributed by atoms with Crippen LogP contribution in [0.3, 0.4) is 0 Å². The zero-order valence-electron chi connectivity index (χ0n) is 15.6. The van der Waals surface area contributed by atoms with Crippen LogP contribution in [0.2, 0.25) is 0 Å². The number of carbonyl (C=O) groups is 1. The Morgan fingerprint density at radius 3 is 2.72 bits per heavy atom. The van der Waals surface area contributed by atoms with E-state index in [4.69, 9.17) is 0 Å². The fourth-order valence-corrected chi connectivity index (χ4v) is 4.71. The highest BCUT2D eigenvalue weighted by Gasteiger charge is 2.36. The summed E-state index contributed by atoms with van der Waals surface area (Å²) >= 11 is 1.39. The summed E-state index contributed by atoms with van der Waals surface area (Å²) in [5.74, 6) is 1.00. The zero-order chi connectivity index (χ0) is 19.8. The van der Waals surface area contributed by atoms with Gasteiger partial charge in [0.25, 0.3) is 0 Å². The first kappa shape index (κ1) is 18.1. The van der Waals surface area contributed by atoms with Gasteiger partial charge in [0.2, 0.25) is 11.1 Å². The number of allylic oxidation sites excluding steroid dienone is 2. The van der Waals surface area contributed by atoms with E-state index in [0.717, 1.165) is 29.7 Å². The zero-order valence-corrected chi connectivity index (χ0v) is 16.5. The Morgan fingerprint density at radius 1 is 1.10 bits per heavy atom. The maximum absolute atomic E-state index is 13.9. The second kappa shape index (κ2) is 7.48. The lowest BCUT2D eigenvalue weighted by Crippen LogP contribution is -2.31. The van der Waals surface area contributed by atoms with E-state index in [9.17, 15) is 9.18 Å². The summed E-state index contributed by atoms with van der Waals surface area (Å²) in [5.41, 5.74) is 3.35. The molecule has 2 aromatic carbocycles. The molecule has 7 heteroatoms. The lowest BCUT2D eigenvalue weighted by atomic mass is 9.85. The molecular formula is C22H19FN4OS. The van der Waals surface area contributed by atoms with Gasteiger partial charge in [-0.1, -0.05) is 60.3 Å². The number of fused-ring (bicyclic) bond motifs is 1. The molecule has 0 saturated heterocycles. The van der Waals surface area contributed by atoms with Crippen LogP contribution in [-0.2, 0) is 10.5 Å². The number of Topliss-reactive ketones (excluding diaryl/α,β-unsaturated/α-hetero) is 1. The molecule has 0 fully saturated rings. The molecule has 0 saturated carbocycles. The van der Waals surface area contributed by atoms with Crippen molar-refractivity contribution >= 4 is 23.5 Å². The van der Waals surface area contributed by atoms with Gasteiger partial charge in [-0.3, -0.25) is 4.79 Å². The maximum Gasteiger partial charge on any atom is 0.227 e. The van der Waals surface area contributed by atoms with Crippen LogP contribution in [0, 0.1) is 5.82 Å². The molecule has 1 aromatic heterocycles. The first-order valence-corrected chi connectivity index (χ1v) is 10.6. The first-order valence-electron chi connectivity index (χ1n) is 9.61. The predicted octanol–water partition coefficient (Wildman–Crippen LogP) is 4.73. The van der Waals surface area contributed by atoms with Crippen LogP contribution in [0.15, 0.2) is 71.0 Å². The molecule has 1 N–H and O–H groups in total. The number of anilines is 1. The minimum absolute atomic E-state index is 0.161. The van der Waals surface area contributed by atoms with Crippen LogP contribution < -0.4 is 5.32 Å². The van der Waals surface area contributed by atoms with Crippen LogP contribution in [0.25, 0.3) is 0 Å². The van der Waals surface area contributed by atoms with Crippen molar-refractivity contribution in [3.63, 3.8) is 0 Å². The highest BCUT2D eigenvalue weighted by atomic mass is 32.2. The summed E-state index contributed by atoms with van der Waals surface area (Å²) in [4.78, 5) is 17.4. The number of rotatable bonds is 4. The average Bonchev–Trinajstić information content (AvgIpc) is 3.15. The number of aromatic nitrogens is 3. The number of nitrogens with one attached hydrogen (secondary N) is 1. The average molecular weight is 406 g/mol. The Hall–Kier alpha value is -2.93. The van der Waals surface area contributed by atoms with Crippen molar-refractivity contribution in [3.05, 3.63) is 82.8 Å². The number of benzene rings is 2. The Kier molecular flexibility index (Phi) is 4.67. The quantitative estimate of drug-likeness (QED) is 0.635. The molecule has 1 aliphatic carbocycles. The Bertz CT molecular complexity index is 1110. The Labute approximate surface area is 172 Å². The highest BCUT2D eigenvalue weighted by molar-refractivity contribution is 7.98. The molecule has 5 nitrogen and oxygen atoms in total. The Morgan fingerprint density at radius 2 is 1.90 bits per heavy atom. The summed E-state index contributed by atoms with van der Waals surface area (Å²) in [6.07, 6.45) is 2.23. The van der Waals surface area contributed by atoms with Crippen molar-refractivity contribution in [2.75, 3.05) is 5.32 Å². The van der Waals surface area contributed by atoms with E-state index in [2.05, 4.69) is 15.4 Å². The molecule has 1 aliphatic heterocycles. The van der Waals surface area contributed by atoms with E-state index >= 15 is 0 Å².